The topological polar surface area (TPSA) is 124 Å². The van der Waals surface area contributed by atoms with Crippen LogP contribution in [-0.4, -0.2) is 25.1 Å². The molecule has 2 aromatic rings. The molecule has 9 heteroatoms. The maximum Gasteiger partial charge on any atom is 0.311 e. The van der Waals surface area contributed by atoms with E-state index in [0.717, 1.165) is 0 Å². The summed E-state index contributed by atoms with van der Waals surface area (Å²) in [6, 6.07) is 2.81. The Bertz CT molecular complexity index is 514. The van der Waals surface area contributed by atoms with Gasteiger partial charge in [-0.2, -0.15) is 5.10 Å². The van der Waals surface area contributed by atoms with Crippen LogP contribution in [0, 0.1) is 10.1 Å². The second-order valence-electron chi connectivity index (χ2n) is 2.70. The van der Waals surface area contributed by atoms with Gasteiger partial charge in [-0.05, 0) is 17.8 Å². The molecule has 0 spiro atoms. The Morgan fingerprint density at radius 2 is 2.31 bits per heavy atom. The van der Waals surface area contributed by atoms with Gasteiger partial charge in [0.15, 0.2) is 5.16 Å². The number of nitrogens with two attached hydrogens (primary N) is 1. The smallest absolute Gasteiger partial charge is 0.311 e. The number of nitrogens with one attached hydrogen (secondary N) is 1. The van der Waals surface area contributed by atoms with Crippen LogP contribution in [0.15, 0.2) is 28.6 Å². The minimum atomic E-state index is -0.578. The van der Waals surface area contributed by atoms with E-state index in [0.29, 0.717) is 10.2 Å². The average molecular weight is 238 g/mol. The van der Waals surface area contributed by atoms with Gasteiger partial charge in [0.25, 0.3) is 0 Å². The molecule has 82 valence electrons. The molecule has 8 nitrogen and oxygen atoms in total. The van der Waals surface area contributed by atoms with Crippen molar-refractivity contribution in [3.05, 3.63) is 28.6 Å². The Labute approximate surface area is 93.4 Å². The van der Waals surface area contributed by atoms with E-state index in [1.807, 2.05) is 0 Å². The summed E-state index contributed by atoms with van der Waals surface area (Å²) in [7, 11) is 0. The summed E-state index contributed by atoms with van der Waals surface area (Å²) < 4.78 is 0. The summed E-state index contributed by atoms with van der Waals surface area (Å²) in [6.45, 7) is 0. The molecule has 0 atom stereocenters. The molecular formula is C7H6N6O2S. The van der Waals surface area contributed by atoms with Crippen LogP contribution in [0.5, 0.6) is 0 Å². The fourth-order valence-corrected chi connectivity index (χ4v) is 1.68. The lowest BCUT2D eigenvalue weighted by Gasteiger charge is -1.99. The van der Waals surface area contributed by atoms with Crippen LogP contribution in [-0.2, 0) is 0 Å². The van der Waals surface area contributed by atoms with Gasteiger partial charge < -0.3 is 5.73 Å². The van der Waals surface area contributed by atoms with E-state index in [9.17, 15) is 10.1 Å². The van der Waals surface area contributed by atoms with Gasteiger partial charge in [0, 0.05) is 6.07 Å². The Kier molecular flexibility index (Phi) is 2.68. The van der Waals surface area contributed by atoms with Crippen LogP contribution in [0.3, 0.4) is 0 Å². The Balaban J connectivity index is 2.24. The van der Waals surface area contributed by atoms with E-state index in [2.05, 4.69) is 20.2 Å². The summed E-state index contributed by atoms with van der Waals surface area (Å²) in [5.74, 6) is -0.116. The fraction of sp³-hybridized carbons (Fsp3) is 0. The van der Waals surface area contributed by atoms with Gasteiger partial charge in [-0.15, -0.1) is 0 Å². The lowest BCUT2D eigenvalue weighted by Crippen LogP contribution is -1.98. The minimum Gasteiger partial charge on any atom is -0.378 e. The number of nitrogens with zero attached hydrogens (tertiary/aromatic N) is 4. The highest BCUT2D eigenvalue weighted by Gasteiger charge is 2.13. The summed E-state index contributed by atoms with van der Waals surface area (Å²) in [5, 5.41) is 17.8. The normalized spacial score (nSPS) is 10.2. The molecule has 0 saturated heterocycles. The number of nitro groups is 1. The molecule has 0 aliphatic rings. The van der Waals surface area contributed by atoms with E-state index in [1.54, 1.807) is 0 Å². The zero-order chi connectivity index (χ0) is 11.5. The van der Waals surface area contributed by atoms with Crippen LogP contribution < -0.4 is 5.73 Å². The summed E-state index contributed by atoms with van der Waals surface area (Å²) >= 11 is 1.19. The van der Waals surface area contributed by atoms with Crippen LogP contribution in [0.25, 0.3) is 0 Å². The van der Waals surface area contributed by atoms with Crippen molar-refractivity contribution in [3.8, 4) is 0 Å². The Morgan fingerprint density at radius 3 is 2.88 bits per heavy atom. The molecule has 0 aliphatic heterocycles. The summed E-state index contributed by atoms with van der Waals surface area (Å²) in [4.78, 5) is 17.7. The highest BCUT2D eigenvalue weighted by Crippen LogP contribution is 2.26. The molecule has 0 saturated carbocycles. The van der Waals surface area contributed by atoms with E-state index < -0.39 is 4.92 Å². The number of hydrogen-bond donors (Lipinski definition) is 2. The highest BCUT2D eigenvalue weighted by atomic mass is 32.2. The van der Waals surface area contributed by atoms with Crippen LogP contribution >= 0.6 is 11.8 Å². The standard InChI is InChI=1S/C7H6N6O2S/c8-6-4(13(14)15)1-2-5(11-6)16-7-9-3-10-12-7/h1-3H,(H2,8,11)(H,9,10,12). The van der Waals surface area contributed by atoms with Crippen molar-refractivity contribution in [2.45, 2.75) is 10.2 Å². The molecule has 3 N–H and O–H groups in total. The molecule has 0 unspecified atom stereocenters. The zero-order valence-corrected chi connectivity index (χ0v) is 8.64. The van der Waals surface area contributed by atoms with Gasteiger partial charge in [0.2, 0.25) is 5.82 Å². The highest BCUT2D eigenvalue weighted by molar-refractivity contribution is 7.99. The van der Waals surface area contributed by atoms with Crippen molar-refractivity contribution in [3.63, 3.8) is 0 Å². The van der Waals surface area contributed by atoms with Crippen molar-refractivity contribution < 1.29 is 4.92 Å². The van der Waals surface area contributed by atoms with Crippen LogP contribution in [0.4, 0.5) is 11.5 Å². The van der Waals surface area contributed by atoms with Gasteiger partial charge in [0.1, 0.15) is 11.4 Å². The Morgan fingerprint density at radius 1 is 1.50 bits per heavy atom. The molecule has 0 radical (unpaired) electrons. The molecule has 2 heterocycles. The minimum absolute atomic E-state index is 0.116. The van der Waals surface area contributed by atoms with Crippen molar-refractivity contribution >= 4 is 23.3 Å². The second kappa shape index (κ2) is 4.14. The molecule has 16 heavy (non-hydrogen) atoms. The monoisotopic (exact) mass is 238 g/mol. The number of hydrogen-bond acceptors (Lipinski definition) is 7. The molecule has 0 aliphatic carbocycles. The molecule has 0 fully saturated rings. The van der Waals surface area contributed by atoms with E-state index in [1.165, 1.54) is 30.2 Å². The van der Waals surface area contributed by atoms with E-state index in [4.69, 9.17) is 5.73 Å². The summed E-state index contributed by atoms with van der Waals surface area (Å²) in [5.41, 5.74) is 5.23. The number of aromatic amines is 1. The molecule has 0 amide bonds. The first-order valence-electron chi connectivity index (χ1n) is 4.11. The van der Waals surface area contributed by atoms with Gasteiger partial charge in [-0.1, -0.05) is 0 Å². The van der Waals surface area contributed by atoms with Crippen LogP contribution in [0.2, 0.25) is 0 Å². The molecule has 2 aromatic heterocycles. The van der Waals surface area contributed by atoms with Gasteiger partial charge in [0.05, 0.1) is 4.92 Å². The van der Waals surface area contributed by atoms with Gasteiger partial charge in [-0.3, -0.25) is 15.2 Å². The third-order valence-electron chi connectivity index (χ3n) is 1.67. The molecule has 0 aromatic carbocycles. The van der Waals surface area contributed by atoms with Crippen LogP contribution in [0.1, 0.15) is 0 Å². The summed E-state index contributed by atoms with van der Waals surface area (Å²) in [6.07, 6.45) is 1.36. The number of nitrogen functional groups attached to an aromatic ring is 1. The Hall–Kier alpha value is -2.16. The second-order valence-corrected chi connectivity index (χ2v) is 3.71. The number of anilines is 1. The average Bonchev–Trinajstić information content (AvgIpc) is 2.70. The van der Waals surface area contributed by atoms with Crippen molar-refractivity contribution in [2.75, 3.05) is 5.73 Å². The van der Waals surface area contributed by atoms with Crippen molar-refractivity contribution in [1.29, 1.82) is 0 Å². The first-order chi connectivity index (χ1) is 7.66. The predicted molar refractivity (Wildman–Crippen MR) is 55.8 cm³/mol. The first-order valence-corrected chi connectivity index (χ1v) is 4.92. The predicted octanol–water partition coefficient (Wildman–Crippen LogP) is 0.841. The third-order valence-corrected chi connectivity index (χ3v) is 2.49. The lowest BCUT2D eigenvalue weighted by molar-refractivity contribution is -0.384. The largest absolute Gasteiger partial charge is 0.378 e. The SMILES string of the molecule is Nc1nc(Sc2ncn[nH]2)ccc1[N+](=O)[O-]. The number of rotatable bonds is 3. The van der Waals surface area contributed by atoms with Gasteiger partial charge in [-0.25, -0.2) is 9.97 Å². The third kappa shape index (κ3) is 2.08. The first kappa shape index (κ1) is 10.4. The van der Waals surface area contributed by atoms with Crippen molar-refractivity contribution in [1.82, 2.24) is 20.2 Å². The fourth-order valence-electron chi connectivity index (χ4n) is 1.00. The lowest BCUT2D eigenvalue weighted by atomic mass is 10.4. The number of pyridine rings is 1. The number of H-pyrrole nitrogens is 1. The number of aromatic nitrogens is 4. The van der Waals surface area contributed by atoms with E-state index in [-0.39, 0.29) is 11.5 Å². The quantitative estimate of drug-likeness (QED) is 0.599. The molecule has 2 rings (SSSR count). The van der Waals surface area contributed by atoms with Crippen molar-refractivity contribution in [2.24, 2.45) is 0 Å². The zero-order valence-electron chi connectivity index (χ0n) is 7.82. The van der Waals surface area contributed by atoms with Gasteiger partial charge >= 0.3 is 5.69 Å². The molecular weight excluding hydrogens is 232 g/mol. The maximum absolute atomic E-state index is 10.5. The maximum atomic E-state index is 10.5. The van der Waals surface area contributed by atoms with E-state index >= 15 is 0 Å². The molecule has 0 bridgehead atoms.